The maximum absolute atomic E-state index is 12.9. The van der Waals surface area contributed by atoms with Crippen molar-refractivity contribution >= 4 is 15.9 Å². The Balaban J connectivity index is 1.63. The van der Waals surface area contributed by atoms with Crippen LogP contribution >= 0.6 is 0 Å². The van der Waals surface area contributed by atoms with Crippen molar-refractivity contribution in [2.75, 3.05) is 13.1 Å². The Bertz CT molecular complexity index is 850. The normalized spacial score (nSPS) is 14.3. The molecule has 0 aliphatic carbocycles. The second kappa shape index (κ2) is 6.70. The molecule has 7 heteroatoms. The van der Waals surface area contributed by atoms with Crippen LogP contribution in [0, 0.1) is 5.82 Å². The standard InChI is InChI=1S/C17H17FN2O3S/c18-15-5-7-16(8-6-15)24(22,23)19-11-17(21)20-10-9-13-3-1-2-4-14(13)12-20/h1-8,19H,9-12H2. The van der Waals surface area contributed by atoms with Crippen molar-refractivity contribution in [1.29, 1.82) is 0 Å². The zero-order chi connectivity index (χ0) is 17.2. The molecule has 2 aromatic rings. The number of fused-ring (bicyclic) bond motifs is 1. The van der Waals surface area contributed by atoms with Crippen molar-refractivity contribution in [2.45, 2.75) is 17.9 Å². The molecule has 0 radical (unpaired) electrons. The summed E-state index contributed by atoms with van der Waals surface area (Å²) in [7, 11) is -3.84. The molecule has 1 amide bonds. The number of halogens is 1. The quantitative estimate of drug-likeness (QED) is 0.914. The molecule has 1 N–H and O–H groups in total. The molecule has 0 fully saturated rings. The number of rotatable bonds is 4. The molecule has 3 rings (SSSR count). The molecule has 126 valence electrons. The van der Waals surface area contributed by atoms with Crippen LogP contribution in [0.15, 0.2) is 53.4 Å². The summed E-state index contributed by atoms with van der Waals surface area (Å²) in [5.74, 6) is -0.799. The van der Waals surface area contributed by atoms with Gasteiger partial charge in [0.25, 0.3) is 0 Å². The lowest BCUT2D eigenvalue weighted by Crippen LogP contribution is -2.42. The SMILES string of the molecule is O=C(CNS(=O)(=O)c1ccc(F)cc1)N1CCc2ccccc2C1. The molecule has 0 spiro atoms. The molecular weight excluding hydrogens is 331 g/mol. The third-order valence-electron chi connectivity index (χ3n) is 4.02. The van der Waals surface area contributed by atoms with Crippen LogP contribution < -0.4 is 4.72 Å². The van der Waals surface area contributed by atoms with Crippen molar-refractivity contribution in [1.82, 2.24) is 9.62 Å². The summed E-state index contributed by atoms with van der Waals surface area (Å²) in [6, 6.07) is 12.4. The maximum Gasteiger partial charge on any atom is 0.241 e. The van der Waals surface area contributed by atoms with E-state index in [0.29, 0.717) is 13.1 Å². The van der Waals surface area contributed by atoms with E-state index in [1.165, 1.54) is 17.7 Å². The zero-order valence-electron chi connectivity index (χ0n) is 12.9. The highest BCUT2D eigenvalue weighted by Gasteiger charge is 2.22. The topological polar surface area (TPSA) is 66.5 Å². The van der Waals surface area contributed by atoms with Gasteiger partial charge < -0.3 is 4.90 Å². The van der Waals surface area contributed by atoms with E-state index in [1.807, 2.05) is 24.3 Å². The van der Waals surface area contributed by atoms with Gasteiger partial charge in [0.1, 0.15) is 5.82 Å². The van der Waals surface area contributed by atoms with Gasteiger partial charge in [0.2, 0.25) is 15.9 Å². The fourth-order valence-corrected chi connectivity index (χ4v) is 3.65. The lowest BCUT2D eigenvalue weighted by molar-refractivity contribution is -0.130. The molecule has 0 unspecified atom stereocenters. The summed E-state index contributed by atoms with van der Waals surface area (Å²) in [5, 5.41) is 0. The maximum atomic E-state index is 12.9. The van der Waals surface area contributed by atoms with Crippen molar-refractivity contribution in [3.8, 4) is 0 Å². The summed E-state index contributed by atoms with van der Waals surface area (Å²) in [5.41, 5.74) is 2.30. The monoisotopic (exact) mass is 348 g/mol. The van der Waals surface area contributed by atoms with Gasteiger partial charge in [-0.05, 0) is 41.8 Å². The Kier molecular flexibility index (Phi) is 4.64. The van der Waals surface area contributed by atoms with E-state index in [9.17, 15) is 17.6 Å². The highest BCUT2D eigenvalue weighted by Crippen LogP contribution is 2.18. The van der Waals surface area contributed by atoms with Crippen LogP contribution in [0.2, 0.25) is 0 Å². The smallest absolute Gasteiger partial charge is 0.241 e. The van der Waals surface area contributed by atoms with E-state index < -0.39 is 15.8 Å². The van der Waals surface area contributed by atoms with Gasteiger partial charge in [0.05, 0.1) is 11.4 Å². The minimum absolute atomic E-state index is 0.0688. The molecule has 5 nitrogen and oxygen atoms in total. The van der Waals surface area contributed by atoms with Crippen molar-refractivity contribution in [2.24, 2.45) is 0 Å². The molecule has 0 saturated carbocycles. The van der Waals surface area contributed by atoms with Gasteiger partial charge in [-0.25, -0.2) is 17.5 Å². The first-order chi connectivity index (χ1) is 11.5. The van der Waals surface area contributed by atoms with Crippen LogP contribution in [0.25, 0.3) is 0 Å². The number of carbonyl (C=O) groups is 1. The van der Waals surface area contributed by atoms with Crippen molar-refractivity contribution in [3.05, 3.63) is 65.5 Å². The van der Waals surface area contributed by atoms with E-state index in [2.05, 4.69) is 4.72 Å². The Morgan fingerprint density at radius 3 is 2.46 bits per heavy atom. The molecule has 0 aromatic heterocycles. The average molecular weight is 348 g/mol. The predicted molar refractivity (Wildman–Crippen MR) is 87.2 cm³/mol. The average Bonchev–Trinajstić information content (AvgIpc) is 2.59. The molecule has 1 heterocycles. The fourth-order valence-electron chi connectivity index (χ4n) is 2.67. The molecule has 0 atom stereocenters. The first-order valence-electron chi connectivity index (χ1n) is 7.55. The van der Waals surface area contributed by atoms with E-state index in [1.54, 1.807) is 4.90 Å². The number of benzene rings is 2. The van der Waals surface area contributed by atoms with Gasteiger partial charge in [-0.3, -0.25) is 4.79 Å². The van der Waals surface area contributed by atoms with E-state index in [0.717, 1.165) is 24.1 Å². The Hall–Kier alpha value is -2.25. The highest BCUT2D eigenvalue weighted by atomic mass is 32.2. The number of hydrogen-bond donors (Lipinski definition) is 1. The number of nitrogens with one attached hydrogen (secondary N) is 1. The summed E-state index contributed by atoms with van der Waals surface area (Å²) < 4.78 is 39.4. The Morgan fingerprint density at radius 2 is 1.75 bits per heavy atom. The van der Waals surface area contributed by atoms with Crippen LogP contribution in [0.3, 0.4) is 0 Å². The molecule has 0 saturated heterocycles. The van der Waals surface area contributed by atoms with Gasteiger partial charge in [-0.1, -0.05) is 24.3 Å². The van der Waals surface area contributed by atoms with E-state index >= 15 is 0 Å². The van der Waals surface area contributed by atoms with E-state index in [4.69, 9.17) is 0 Å². The molecular formula is C17H17FN2O3S. The highest BCUT2D eigenvalue weighted by molar-refractivity contribution is 7.89. The fraction of sp³-hybridized carbons (Fsp3) is 0.235. The predicted octanol–water partition coefficient (Wildman–Crippen LogP) is 1.69. The number of amides is 1. The van der Waals surface area contributed by atoms with Crippen LogP contribution in [0.5, 0.6) is 0 Å². The second-order valence-electron chi connectivity index (χ2n) is 5.61. The molecule has 2 aromatic carbocycles. The summed E-state index contributed by atoms with van der Waals surface area (Å²) in [6.45, 7) is 0.725. The molecule has 1 aliphatic heterocycles. The number of nitrogens with zero attached hydrogens (tertiary/aromatic N) is 1. The lowest BCUT2D eigenvalue weighted by atomic mass is 10.00. The first-order valence-corrected chi connectivity index (χ1v) is 9.04. The third kappa shape index (κ3) is 3.63. The first kappa shape index (κ1) is 16.6. The van der Waals surface area contributed by atoms with Crippen molar-refractivity contribution < 1.29 is 17.6 Å². The number of sulfonamides is 1. The lowest BCUT2D eigenvalue weighted by Gasteiger charge is -2.29. The van der Waals surface area contributed by atoms with Crippen LogP contribution in [0.1, 0.15) is 11.1 Å². The molecule has 1 aliphatic rings. The summed E-state index contributed by atoms with van der Waals surface area (Å²) >= 11 is 0. The minimum atomic E-state index is -3.84. The number of carbonyl (C=O) groups excluding carboxylic acids is 1. The van der Waals surface area contributed by atoms with Crippen LogP contribution in [-0.2, 0) is 27.8 Å². The van der Waals surface area contributed by atoms with Crippen molar-refractivity contribution in [3.63, 3.8) is 0 Å². The van der Waals surface area contributed by atoms with Crippen LogP contribution in [-0.4, -0.2) is 32.3 Å². The minimum Gasteiger partial charge on any atom is -0.337 e. The van der Waals surface area contributed by atoms with Gasteiger partial charge in [0, 0.05) is 13.1 Å². The number of hydrogen-bond acceptors (Lipinski definition) is 3. The Labute approximate surface area is 140 Å². The zero-order valence-corrected chi connectivity index (χ0v) is 13.7. The summed E-state index contributed by atoms with van der Waals surface area (Å²) in [6.07, 6.45) is 0.757. The van der Waals surface area contributed by atoms with Gasteiger partial charge in [-0.2, -0.15) is 0 Å². The molecule has 24 heavy (non-hydrogen) atoms. The largest absolute Gasteiger partial charge is 0.337 e. The van der Waals surface area contributed by atoms with E-state index in [-0.39, 0.29) is 17.3 Å². The van der Waals surface area contributed by atoms with Crippen LogP contribution in [0.4, 0.5) is 4.39 Å². The van der Waals surface area contributed by atoms with Gasteiger partial charge in [0.15, 0.2) is 0 Å². The van der Waals surface area contributed by atoms with Gasteiger partial charge in [-0.15, -0.1) is 0 Å². The Morgan fingerprint density at radius 1 is 1.08 bits per heavy atom. The second-order valence-corrected chi connectivity index (χ2v) is 7.38. The molecule has 0 bridgehead atoms. The van der Waals surface area contributed by atoms with Gasteiger partial charge >= 0.3 is 0 Å². The summed E-state index contributed by atoms with van der Waals surface area (Å²) in [4.78, 5) is 13.8. The third-order valence-corrected chi connectivity index (χ3v) is 5.44.